The summed E-state index contributed by atoms with van der Waals surface area (Å²) in [6, 6.07) is 43.9. The number of hydrogen-bond donors (Lipinski definition) is 0. The molecule has 0 aliphatic heterocycles. The fourth-order valence-electron chi connectivity index (χ4n) is 7.62. The lowest BCUT2D eigenvalue weighted by Gasteiger charge is -2.26. The monoisotopic (exact) mass is 812 g/mol. The number of fused-ring (bicyclic) bond motifs is 6. The Balaban J connectivity index is 1.28. The molecule has 2 aromatic heterocycles. The molecule has 0 N–H and O–H groups in total. The summed E-state index contributed by atoms with van der Waals surface area (Å²) >= 11 is 49.7. The molecule has 0 saturated heterocycles. The molecule has 0 aliphatic carbocycles. The molecule has 0 saturated carbocycles. The largest absolute Gasteiger partial charge is 0.309 e. The van der Waals surface area contributed by atoms with Gasteiger partial charge in [0.1, 0.15) is 0 Å². The van der Waals surface area contributed by atoms with Gasteiger partial charge in [0.2, 0.25) is 0 Å². The highest BCUT2D eigenvalue weighted by atomic mass is 35.5. The lowest BCUT2D eigenvalue weighted by atomic mass is 9.84. The van der Waals surface area contributed by atoms with Gasteiger partial charge in [0, 0.05) is 90.7 Å². The molecule has 0 spiro atoms. The van der Waals surface area contributed by atoms with Gasteiger partial charge < -0.3 is 9.13 Å². The molecule has 0 atom stereocenters. The number of aromatic nitrogens is 2. The van der Waals surface area contributed by atoms with Crippen molar-refractivity contribution < 1.29 is 0 Å². The topological polar surface area (TPSA) is 9.86 Å². The van der Waals surface area contributed by atoms with Crippen molar-refractivity contribution in [1.29, 1.82) is 0 Å². The summed E-state index contributed by atoms with van der Waals surface area (Å²) in [5, 5.41) is 7.04. The van der Waals surface area contributed by atoms with Crippen LogP contribution in [-0.4, -0.2) is 9.13 Å². The van der Waals surface area contributed by atoms with Crippen LogP contribution in [0.3, 0.4) is 0 Å². The molecule has 9 rings (SSSR count). The molecule has 0 aliphatic rings. The van der Waals surface area contributed by atoms with Crippen molar-refractivity contribution in [2.24, 2.45) is 0 Å². The van der Waals surface area contributed by atoms with Crippen molar-refractivity contribution in [2.45, 2.75) is 5.92 Å². The average Bonchev–Trinajstić information content (AvgIpc) is 3.64. The highest BCUT2D eigenvalue weighted by molar-refractivity contribution is 6.41. The number of nitrogens with zero attached hydrogens (tertiary/aromatic N) is 2. The second-order valence-electron chi connectivity index (χ2n) is 12.6. The normalized spacial score (nSPS) is 11.9. The first-order chi connectivity index (χ1) is 25.2. The summed E-state index contributed by atoms with van der Waals surface area (Å²) in [5.74, 6) is -0.767. The maximum Gasteiger partial charge on any atom is 0.0541 e. The standard InChI is InChI=1S/C43H23Cl7N2/c44-23-17-30(45)40(31(46)18-23)43(41-32(47)19-24(20-33(41)48)51-36-13-5-1-9-26(36)27-10-2-6-14-37(27)51)42-34(49)21-25(22-35(42)50)52-38-15-7-3-11-28(38)29-12-4-8-16-39(29)52/h1-22,43H. The second-order valence-corrected chi connectivity index (χ2v) is 15.5. The Morgan fingerprint density at radius 3 is 0.865 bits per heavy atom. The Labute approximate surface area is 334 Å². The fourth-order valence-corrected chi connectivity index (χ4v) is 10.0. The van der Waals surface area contributed by atoms with Crippen LogP contribution in [0, 0.1) is 0 Å². The Bertz CT molecular complexity index is 2560. The first kappa shape index (κ1) is 34.0. The Kier molecular flexibility index (Phi) is 8.64. The smallest absolute Gasteiger partial charge is 0.0541 e. The third-order valence-corrected chi connectivity index (χ3v) is 11.8. The predicted octanol–water partition coefficient (Wildman–Crippen LogP) is 15.6. The lowest BCUT2D eigenvalue weighted by molar-refractivity contribution is 0.973. The summed E-state index contributed by atoms with van der Waals surface area (Å²) in [5.41, 5.74) is 7.30. The van der Waals surface area contributed by atoms with E-state index < -0.39 is 5.92 Å². The van der Waals surface area contributed by atoms with Crippen molar-refractivity contribution in [2.75, 3.05) is 0 Å². The van der Waals surface area contributed by atoms with Crippen LogP contribution in [0.1, 0.15) is 22.6 Å². The van der Waals surface area contributed by atoms with Crippen LogP contribution in [0.25, 0.3) is 55.0 Å². The van der Waals surface area contributed by atoms with Crippen molar-refractivity contribution >= 4 is 125 Å². The van der Waals surface area contributed by atoms with Crippen molar-refractivity contribution in [3.63, 3.8) is 0 Å². The maximum atomic E-state index is 7.33. The van der Waals surface area contributed by atoms with Gasteiger partial charge in [0.15, 0.2) is 0 Å². The van der Waals surface area contributed by atoms with Crippen LogP contribution in [0.4, 0.5) is 0 Å². The molecule has 0 bridgehead atoms. The molecule has 0 radical (unpaired) electrons. The third-order valence-electron chi connectivity index (χ3n) is 9.71. The third kappa shape index (κ3) is 5.39. The van der Waals surface area contributed by atoms with E-state index in [0.29, 0.717) is 51.8 Å². The summed E-state index contributed by atoms with van der Waals surface area (Å²) in [7, 11) is 0. The van der Waals surface area contributed by atoms with Gasteiger partial charge in [0.05, 0.1) is 22.1 Å². The van der Waals surface area contributed by atoms with Crippen LogP contribution >= 0.6 is 81.2 Å². The molecule has 2 heterocycles. The second kappa shape index (κ2) is 13.2. The molecule has 52 heavy (non-hydrogen) atoms. The average molecular weight is 816 g/mol. The molecule has 0 fully saturated rings. The molecular formula is C43H23Cl7N2. The zero-order valence-corrected chi connectivity index (χ0v) is 32.1. The van der Waals surface area contributed by atoms with Gasteiger partial charge >= 0.3 is 0 Å². The molecule has 0 unspecified atom stereocenters. The number of rotatable bonds is 5. The van der Waals surface area contributed by atoms with Crippen LogP contribution in [0.15, 0.2) is 133 Å². The Morgan fingerprint density at radius 2 is 0.577 bits per heavy atom. The van der Waals surface area contributed by atoms with Crippen LogP contribution in [0.5, 0.6) is 0 Å². The van der Waals surface area contributed by atoms with Gasteiger partial charge in [-0.25, -0.2) is 0 Å². The lowest BCUT2D eigenvalue weighted by Crippen LogP contribution is -2.10. The minimum atomic E-state index is -0.767. The van der Waals surface area contributed by atoms with Crippen molar-refractivity contribution in [3.05, 3.63) is 185 Å². The molecule has 0 amide bonds. The molecule has 7 aromatic carbocycles. The molecule has 254 valence electrons. The SMILES string of the molecule is Clc1cc(Cl)c(C(c2c(Cl)cc(-n3c4ccccc4c4ccccc43)cc2Cl)c2c(Cl)cc(-n3c4ccccc4c4ccccc43)cc2Cl)c(Cl)c1. The summed E-state index contributed by atoms with van der Waals surface area (Å²) in [6.07, 6.45) is 0. The van der Waals surface area contributed by atoms with Gasteiger partial charge in [0.25, 0.3) is 0 Å². The minimum absolute atomic E-state index is 0.319. The van der Waals surface area contributed by atoms with E-state index in [0.717, 1.165) is 55.0 Å². The zero-order chi connectivity index (χ0) is 35.8. The minimum Gasteiger partial charge on any atom is -0.309 e. The number of halogens is 7. The van der Waals surface area contributed by atoms with Gasteiger partial charge in [-0.15, -0.1) is 0 Å². The fraction of sp³-hybridized carbons (Fsp3) is 0.0233. The summed E-state index contributed by atoms with van der Waals surface area (Å²) in [6.45, 7) is 0. The maximum absolute atomic E-state index is 7.33. The van der Waals surface area contributed by atoms with E-state index in [4.69, 9.17) is 81.2 Å². The highest BCUT2D eigenvalue weighted by Gasteiger charge is 2.32. The Morgan fingerprint density at radius 1 is 0.327 bits per heavy atom. The number of benzene rings is 7. The highest BCUT2D eigenvalue weighted by Crippen LogP contribution is 2.51. The quantitative estimate of drug-likeness (QED) is 0.153. The van der Waals surface area contributed by atoms with E-state index in [1.54, 1.807) is 12.1 Å². The van der Waals surface area contributed by atoms with Gasteiger partial charge in [-0.2, -0.15) is 0 Å². The molecule has 2 nitrogen and oxygen atoms in total. The number of hydrogen-bond acceptors (Lipinski definition) is 0. The predicted molar refractivity (Wildman–Crippen MR) is 224 cm³/mol. The number of para-hydroxylation sites is 4. The first-order valence-electron chi connectivity index (χ1n) is 16.3. The van der Waals surface area contributed by atoms with Gasteiger partial charge in [-0.05, 0) is 60.7 Å². The van der Waals surface area contributed by atoms with E-state index in [1.165, 1.54) is 0 Å². The Hall–Kier alpha value is -3.83. The van der Waals surface area contributed by atoms with Crippen molar-refractivity contribution in [1.82, 2.24) is 9.13 Å². The molecule has 9 heteroatoms. The van der Waals surface area contributed by atoms with Gasteiger partial charge in [-0.1, -0.05) is 154 Å². The van der Waals surface area contributed by atoms with Crippen LogP contribution in [0.2, 0.25) is 35.2 Å². The molecular weight excluding hydrogens is 793 g/mol. The summed E-state index contributed by atoms with van der Waals surface area (Å²) < 4.78 is 4.31. The van der Waals surface area contributed by atoms with E-state index in [9.17, 15) is 0 Å². The van der Waals surface area contributed by atoms with Gasteiger partial charge in [-0.3, -0.25) is 0 Å². The van der Waals surface area contributed by atoms with Crippen molar-refractivity contribution in [3.8, 4) is 11.4 Å². The summed E-state index contributed by atoms with van der Waals surface area (Å²) in [4.78, 5) is 0. The first-order valence-corrected chi connectivity index (χ1v) is 18.9. The van der Waals surface area contributed by atoms with E-state index in [2.05, 4.69) is 57.7 Å². The van der Waals surface area contributed by atoms with Crippen LogP contribution in [-0.2, 0) is 0 Å². The van der Waals surface area contributed by atoms with Crippen LogP contribution < -0.4 is 0 Å². The van der Waals surface area contributed by atoms with E-state index in [1.807, 2.05) is 72.8 Å². The zero-order valence-electron chi connectivity index (χ0n) is 26.8. The molecule has 9 aromatic rings. The van der Waals surface area contributed by atoms with E-state index in [-0.39, 0.29) is 0 Å². The van der Waals surface area contributed by atoms with E-state index >= 15 is 0 Å².